The first-order valence-electron chi connectivity index (χ1n) is 8.42. The zero-order valence-electron chi connectivity index (χ0n) is 14.0. The van der Waals surface area contributed by atoms with Crippen LogP contribution in [-0.4, -0.2) is 48.4 Å². The molecule has 2 heterocycles. The molecule has 0 amide bonds. The topological polar surface area (TPSA) is 40.2 Å². The minimum absolute atomic E-state index is 0.0365. The van der Waals surface area contributed by atoms with E-state index in [0.29, 0.717) is 6.61 Å². The van der Waals surface area contributed by atoms with Gasteiger partial charge >= 0.3 is 0 Å². The number of nitrogens with zero attached hydrogens (tertiary/aromatic N) is 1. The molecule has 1 aliphatic carbocycles. The Morgan fingerprint density at radius 1 is 1.17 bits per heavy atom. The van der Waals surface area contributed by atoms with Crippen molar-refractivity contribution in [2.45, 2.75) is 69.5 Å². The summed E-state index contributed by atoms with van der Waals surface area (Å²) >= 11 is 0. The molecule has 5 atom stereocenters. The Labute approximate surface area is 137 Å². The van der Waals surface area contributed by atoms with Gasteiger partial charge in [0.05, 0.1) is 24.9 Å². The normalized spacial score (nSPS) is 39.2. The average Bonchev–Trinajstić information content (AvgIpc) is 2.96. The van der Waals surface area contributed by atoms with E-state index in [1.807, 2.05) is 44.2 Å². The highest BCUT2D eigenvalue weighted by molar-refractivity contribution is 5.13. The van der Waals surface area contributed by atoms with Gasteiger partial charge in [-0.1, -0.05) is 30.3 Å². The summed E-state index contributed by atoms with van der Waals surface area (Å²) in [6.07, 6.45) is 1.96. The lowest BCUT2D eigenvalue weighted by atomic mass is 10.0. The van der Waals surface area contributed by atoms with Crippen molar-refractivity contribution in [3.8, 4) is 0 Å². The van der Waals surface area contributed by atoms with E-state index in [9.17, 15) is 0 Å². The van der Waals surface area contributed by atoms with Gasteiger partial charge in [0.2, 0.25) is 0 Å². The molecule has 0 unspecified atom stereocenters. The molecule has 0 N–H and O–H groups in total. The molecule has 4 rings (SSSR count). The molecule has 1 aromatic rings. The van der Waals surface area contributed by atoms with E-state index in [0.717, 1.165) is 12.8 Å². The average molecular weight is 319 g/mol. The minimum Gasteiger partial charge on any atom is -0.369 e. The SMILES string of the molecule is CN1O[C@H]2C[C@H]3OC(C)(C)O[C@@H]3[C@H](OCc3ccccc3)[C@@H]1C2. The van der Waals surface area contributed by atoms with Crippen LogP contribution in [0.15, 0.2) is 30.3 Å². The molecule has 0 radical (unpaired) electrons. The molecule has 23 heavy (non-hydrogen) atoms. The fraction of sp³-hybridized carbons (Fsp3) is 0.667. The Bertz CT molecular complexity index is 549. The number of ether oxygens (including phenoxy) is 3. The van der Waals surface area contributed by atoms with Gasteiger partial charge in [-0.3, -0.25) is 4.84 Å². The number of fused-ring (bicyclic) bond motifs is 3. The van der Waals surface area contributed by atoms with Crippen LogP contribution >= 0.6 is 0 Å². The molecule has 1 saturated carbocycles. The van der Waals surface area contributed by atoms with E-state index in [-0.39, 0.29) is 30.5 Å². The number of hydrogen-bond donors (Lipinski definition) is 0. The Morgan fingerprint density at radius 2 is 1.96 bits per heavy atom. The van der Waals surface area contributed by atoms with Gasteiger partial charge in [-0.25, -0.2) is 0 Å². The number of rotatable bonds is 3. The van der Waals surface area contributed by atoms with Crippen molar-refractivity contribution < 1.29 is 19.0 Å². The Hall–Kier alpha value is -0.980. The van der Waals surface area contributed by atoms with Crippen LogP contribution < -0.4 is 0 Å². The second kappa shape index (κ2) is 5.83. The first-order valence-corrected chi connectivity index (χ1v) is 8.42. The van der Waals surface area contributed by atoms with Crippen molar-refractivity contribution in [2.24, 2.45) is 0 Å². The molecule has 3 aliphatic rings. The van der Waals surface area contributed by atoms with Gasteiger partial charge in [-0.05, 0) is 25.8 Å². The van der Waals surface area contributed by atoms with Crippen molar-refractivity contribution in [2.75, 3.05) is 7.05 Å². The van der Waals surface area contributed by atoms with Gasteiger partial charge in [0.15, 0.2) is 5.79 Å². The third kappa shape index (κ3) is 3.04. The molecule has 0 aromatic heterocycles. The van der Waals surface area contributed by atoms with Gasteiger partial charge < -0.3 is 14.2 Å². The van der Waals surface area contributed by atoms with Crippen LogP contribution in [0.25, 0.3) is 0 Å². The lowest BCUT2D eigenvalue weighted by molar-refractivity contribution is -0.199. The third-order valence-corrected chi connectivity index (χ3v) is 4.99. The molecule has 0 spiro atoms. The molecule has 2 bridgehead atoms. The largest absolute Gasteiger partial charge is 0.369 e. The first kappa shape index (κ1) is 15.5. The predicted molar refractivity (Wildman–Crippen MR) is 84.5 cm³/mol. The quantitative estimate of drug-likeness (QED) is 0.856. The summed E-state index contributed by atoms with van der Waals surface area (Å²) in [4.78, 5) is 5.94. The standard InChI is InChI=1S/C18H25NO4/c1-18(2)21-15-10-13-9-14(19(3)23-13)16(17(15)22-18)20-11-12-7-5-4-6-8-12/h4-8,13-17H,9-11H2,1-3H3/t13-,14+,15-,16-,17+/m1/s1. The molecule has 126 valence electrons. The molecule has 5 heteroatoms. The Balaban J connectivity index is 1.55. The molecular formula is C18H25NO4. The zero-order chi connectivity index (χ0) is 16.0. The summed E-state index contributed by atoms with van der Waals surface area (Å²) in [5.41, 5.74) is 1.17. The number of likely N-dealkylation sites (N-methyl/N-ethyl adjacent to an activating group) is 1. The molecule has 5 nitrogen and oxygen atoms in total. The predicted octanol–water partition coefficient (Wildman–Crippen LogP) is 2.50. The summed E-state index contributed by atoms with van der Waals surface area (Å²) in [7, 11) is 1.99. The smallest absolute Gasteiger partial charge is 0.163 e. The fourth-order valence-corrected chi connectivity index (χ4v) is 4.03. The molecule has 1 aromatic carbocycles. The summed E-state index contributed by atoms with van der Waals surface area (Å²) in [5.74, 6) is -0.557. The molecule has 2 saturated heterocycles. The van der Waals surface area contributed by atoms with Gasteiger partial charge in [-0.2, -0.15) is 5.06 Å². The van der Waals surface area contributed by atoms with Crippen LogP contribution in [0.5, 0.6) is 0 Å². The summed E-state index contributed by atoms with van der Waals surface area (Å²) in [5, 5.41) is 1.95. The summed E-state index contributed by atoms with van der Waals surface area (Å²) < 4.78 is 18.6. The van der Waals surface area contributed by atoms with Crippen LogP contribution in [0.3, 0.4) is 0 Å². The monoisotopic (exact) mass is 319 g/mol. The maximum absolute atomic E-state index is 6.33. The maximum Gasteiger partial charge on any atom is 0.163 e. The van der Waals surface area contributed by atoms with E-state index < -0.39 is 5.79 Å². The summed E-state index contributed by atoms with van der Waals surface area (Å²) in [6.45, 7) is 4.53. The zero-order valence-corrected chi connectivity index (χ0v) is 14.0. The maximum atomic E-state index is 6.33. The number of hydrogen-bond acceptors (Lipinski definition) is 5. The third-order valence-electron chi connectivity index (χ3n) is 4.99. The van der Waals surface area contributed by atoms with Crippen molar-refractivity contribution in [1.29, 1.82) is 0 Å². The lowest BCUT2D eigenvalue weighted by Gasteiger charge is -2.33. The summed E-state index contributed by atoms with van der Waals surface area (Å²) in [6, 6.07) is 10.5. The van der Waals surface area contributed by atoms with Crippen molar-refractivity contribution in [1.82, 2.24) is 5.06 Å². The van der Waals surface area contributed by atoms with Crippen molar-refractivity contribution >= 4 is 0 Å². The van der Waals surface area contributed by atoms with E-state index in [4.69, 9.17) is 19.0 Å². The Morgan fingerprint density at radius 3 is 2.74 bits per heavy atom. The first-order chi connectivity index (χ1) is 11.0. The van der Waals surface area contributed by atoms with Gasteiger partial charge in [0.25, 0.3) is 0 Å². The van der Waals surface area contributed by atoms with Crippen LogP contribution in [-0.2, 0) is 25.7 Å². The second-order valence-corrected chi connectivity index (χ2v) is 7.21. The van der Waals surface area contributed by atoms with Gasteiger partial charge in [-0.15, -0.1) is 0 Å². The van der Waals surface area contributed by atoms with E-state index in [1.54, 1.807) is 0 Å². The van der Waals surface area contributed by atoms with Gasteiger partial charge in [0.1, 0.15) is 12.2 Å². The van der Waals surface area contributed by atoms with E-state index >= 15 is 0 Å². The second-order valence-electron chi connectivity index (χ2n) is 7.21. The molecular weight excluding hydrogens is 294 g/mol. The fourth-order valence-electron chi connectivity index (χ4n) is 4.03. The number of hydroxylamine groups is 2. The molecule has 3 fully saturated rings. The highest BCUT2D eigenvalue weighted by atomic mass is 16.8. The molecule has 2 aliphatic heterocycles. The highest BCUT2D eigenvalue weighted by Gasteiger charge is 2.54. The van der Waals surface area contributed by atoms with Crippen LogP contribution in [0.1, 0.15) is 32.3 Å². The van der Waals surface area contributed by atoms with E-state index in [1.165, 1.54) is 5.56 Å². The van der Waals surface area contributed by atoms with Crippen LogP contribution in [0.2, 0.25) is 0 Å². The van der Waals surface area contributed by atoms with Crippen molar-refractivity contribution in [3.63, 3.8) is 0 Å². The minimum atomic E-state index is -0.557. The van der Waals surface area contributed by atoms with Crippen molar-refractivity contribution in [3.05, 3.63) is 35.9 Å². The Kier molecular flexibility index (Phi) is 3.94. The highest BCUT2D eigenvalue weighted by Crippen LogP contribution is 2.42. The van der Waals surface area contributed by atoms with Crippen LogP contribution in [0, 0.1) is 0 Å². The lowest BCUT2D eigenvalue weighted by Crippen LogP contribution is -2.49. The van der Waals surface area contributed by atoms with Crippen LogP contribution in [0.4, 0.5) is 0 Å². The number of benzene rings is 1. The van der Waals surface area contributed by atoms with Gasteiger partial charge in [0, 0.05) is 13.5 Å². The van der Waals surface area contributed by atoms with E-state index in [2.05, 4.69) is 12.1 Å².